The highest BCUT2D eigenvalue weighted by molar-refractivity contribution is 6.39. The molecule has 3 aromatic carbocycles. The number of benzene rings is 3. The van der Waals surface area contributed by atoms with E-state index in [0.29, 0.717) is 0 Å². The highest BCUT2D eigenvalue weighted by Crippen LogP contribution is 2.37. The topological polar surface area (TPSA) is 128 Å². The van der Waals surface area contributed by atoms with Crippen LogP contribution in [0.4, 0.5) is 16.2 Å². The summed E-state index contributed by atoms with van der Waals surface area (Å²) in [5.74, 6) is -1.60. The maximum absolute atomic E-state index is 13.1. The minimum atomic E-state index is -0.968. The molecule has 1 aliphatic rings. The second-order valence-corrected chi connectivity index (χ2v) is 7.39. The van der Waals surface area contributed by atoms with Gasteiger partial charge in [0.15, 0.2) is 11.5 Å². The summed E-state index contributed by atoms with van der Waals surface area (Å²) in [6, 6.07) is 18.8. The number of rotatable bonds is 7. The molecule has 10 nitrogen and oxygen atoms in total. The van der Waals surface area contributed by atoms with Crippen molar-refractivity contribution >= 4 is 35.3 Å². The molecular formula is C25H19N3O7. The number of carbonyl (C=O) groups excluding carboxylic acids is 3. The number of para-hydroxylation sites is 1. The van der Waals surface area contributed by atoms with E-state index in [9.17, 15) is 24.5 Å². The van der Waals surface area contributed by atoms with E-state index in [1.165, 1.54) is 31.4 Å². The van der Waals surface area contributed by atoms with Gasteiger partial charge in [-0.05, 0) is 29.8 Å². The molecule has 1 N–H and O–H groups in total. The molecule has 0 unspecified atom stereocenters. The fourth-order valence-electron chi connectivity index (χ4n) is 3.47. The first-order valence-corrected chi connectivity index (χ1v) is 10.4. The number of carbonyl (C=O) groups is 3. The van der Waals surface area contributed by atoms with Crippen LogP contribution >= 0.6 is 0 Å². The summed E-state index contributed by atoms with van der Waals surface area (Å²) < 4.78 is 11.1. The van der Waals surface area contributed by atoms with Gasteiger partial charge >= 0.3 is 6.03 Å². The third kappa shape index (κ3) is 4.86. The van der Waals surface area contributed by atoms with Crippen molar-refractivity contribution in [2.24, 2.45) is 0 Å². The van der Waals surface area contributed by atoms with Gasteiger partial charge in [0.2, 0.25) is 0 Å². The molecule has 0 aromatic heterocycles. The number of ether oxygens (including phenoxy) is 2. The third-order valence-electron chi connectivity index (χ3n) is 5.16. The number of methoxy groups -OCH3 is 1. The first-order valence-electron chi connectivity index (χ1n) is 10.4. The number of urea groups is 1. The summed E-state index contributed by atoms with van der Waals surface area (Å²) >= 11 is 0. The van der Waals surface area contributed by atoms with Gasteiger partial charge in [-0.3, -0.25) is 25.0 Å². The lowest BCUT2D eigenvalue weighted by Crippen LogP contribution is -2.54. The van der Waals surface area contributed by atoms with E-state index in [1.807, 2.05) is 30.3 Å². The number of nitro benzene ring substituents is 1. The standard InChI is InChI=1S/C25H19N3O7/c1-34-21-13-17(20(28(32)33)14-22(21)35-15-16-8-4-2-5-9-16)12-19-23(29)26-25(31)27(24(19)30)18-10-6-3-7-11-18/h2-14H,15H2,1H3,(H,26,29,31)/b19-12+. The van der Waals surface area contributed by atoms with E-state index >= 15 is 0 Å². The molecule has 1 saturated heterocycles. The van der Waals surface area contributed by atoms with Gasteiger partial charge in [-0.2, -0.15) is 0 Å². The van der Waals surface area contributed by atoms with Gasteiger partial charge in [-0.1, -0.05) is 48.5 Å². The molecule has 10 heteroatoms. The normalized spacial score (nSPS) is 14.6. The number of hydrogen-bond acceptors (Lipinski definition) is 7. The van der Waals surface area contributed by atoms with Crippen molar-refractivity contribution in [3.8, 4) is 11.5 Å². The van der Waals surface area contributed by atoms with E-state index in [4.69, 9.17) is 9.47 Å². The van der Waals surface area contributed by atoms with Crippen LogP contribution in [0.2, 0.25) is 0 Å². The number of barbiturate groups is 1. The largest absolute Gasteiger partial charge is 0.493 e. The molecule has 0 radical (unpaired) electrons. The van der Waals surface area contributed by atoms with E-state index in [1.54, 1.807) is 18.2 Å². The number of amides is 4. The molecule has 3 aromatic rings. The molecule has 0 aliphatic carbocycles. The number of hydrogen-bond donors (Lipinski definition) is 1. The Morgan fingerprint density at radius 1 is 0.971 bits per heavy atom. The molecule has 0 spiro atoms. The van der Waals surface area contributed by atoms with Gasteiger partial charge in [-0.25, -0.2) is 9.69 Å². The Labute approximate surface area is 199 Å². The molecule has 35 heavy (non-hydrogen) atoms. The number of nitrogens with zero attached hydrogens (tertiary/aromatic N) is 2. The van der Waals surface area contributed by atoms with Crippen LogP contribution in [0.1, 0.15) is 11.1 Å². The Kier molecular flexibility index (Phi) is 6.54. The van der Waals surface area contributed by atoms with Crippen molar-refractivity contribution in [2.45, 2.75) is 6.61 Å². The second-order valence-electron chi connectivity index (χ2n) is 7.39. The molecule has 176 valence electrons. The molecule has 1 heterocycles. The Hall–Kier alpha value is -4.99. The highest BCUT2D eigenvalue weighted by Gasteiger charge is 2.37. The lowest BCUT2D eigenvalue weighted by molar-refractivity contribution is -0.385. The minimum Gasteiger partial charge on any atom is -0.493 e. The van der Waals surface area contributed by atoms with Crippen LogP contribution in [0.3, 0.4) is 0 Å². The minimum absolute atomic E-state index is 0.0697. The van der Waals surface area contributed by atoms with Crippen molar-refractivity contribution in [3.63, 3.8) is 0 Å². The summed E-state index contributed by atoms with van der Waals surface area (Å²) in [6.45, 7) is 0.143. The number of imide groups is 2. The van der Waals surface area contributed by atoms with Gasteiger partial charge < -0.3 is 9.47 Å². The van der Waals surface area contributed by atoms with E-state index in [0.717, 1.165) is 16.5 Å². The third-order valence-corrected chi connectivity index (χ3v) is 5.16. The first-order chi connectivity index (χ1) is 16.9. The van der Waals surface area contributed by atoms with Crippen LogP contribution in [-0.4, -0.2) is 29.9 Å². The highest BCUT2D eigenvalue weighted by atomic mass is 16.6. The molecule has 0 atom stereocenters. The van der Waals surface area contributed by atoms with Gasteiger partial charge in [0.05, 0.1) is 29.4 Å². The maximum atomic E-state index is 13.1. The Morgan fingerprint density at radius 3 is 2.26 bits per heavy atom. The average molecular weight is 473 g/mol. The Morgan fingerprint density at radius 2 is 1.63 bits per heavy atom. The number of anilines is 1. The monoisotopic (exact) mass is 473 g/mol. The van der Waals surface area contributed by atoms with Crippen molar-refractivity contribution < 1.29 is 28.8 Å². The molecule has 1 aliphatic heterocycles. The fourth-order valence-corrected chi connectivity index (χ4v) is 3.47. The van der Waals surface area contributed by atoms with Crippen LogP contribution in [-0.2, 0) is 16.2 Å². The average Bonchev–Trinajstić information content (AvgIpc) is 2.86. The van der Waals surface area contributed by atoms with Crippen molar-refractivity contribution in [1.29, 1.82) is 0 Å². The summed E-state index contributed by atoms with van der Waals surface area (Å²) in [4.78, 5) is 49.8. The molecule has 4 rings (SSSR count). The van der Waals surface area contributed by atoms with Crippen molar-refractivity contribution in [1.82, 2.24) is 5.32 Å². The van der Waals surface area contributed by atoms with E-state index in [2.05, 4.69) is 5.32 Å². The zero-order chi connectivity index (χ0) is 24.9. The fraction of sp³-hybridized carbons (Fsp3) is 0.0800. The van der Waals surface area contributed by atoms with Crippen LogP contribution < -0.4 is 19.7 Å². The van der Waals surface area contributed by atoms with Crippen LogP contribution in [0.15, 0.2) is 78.4 Å². The summed E-state index contributed by atoms with van der Waals surface area (Å²) in [7, 11) is 1.36. The molecule has 1 fully saturated rings. The predicted octanol–water partition coefficient (Wildman–Crippen LogP) is 3.85. The summed E-state index contributed by atoms with van der Waals surface area (Å²) in [5, 5.41) is 13.9. The molecule has 0 saturated carbocycles. The molecule has 0 bridgehead atoms. The van der Waals surface area contributed by atoms with Crippen molar-refractivity contribution in [2.75, 3.05) is 12.0 Å². The molecule has 4 amide bonds. The van der Waals surface area contributed by atoms with Gasteiger partial charge in [0, 0.05) is 0 Å². The summed E-state index contributed by atoms with van der Waals surface area (Å²) in [5.41, 5.74) is 0.158. The Bertz CT molecular complexity index is 1340. The molecular weight excluding hydrogens is 454 g/mol. The van der Waals surface area contributed by atoms with Gasteiger partial charge in [0.25, 0.3) is 17.5 Å². The smallest absolute Gasteiger partial charge is 0.335 e. The predicted molar refractivity (Wildman–Crippen MR) is 126 cm³/mol. The first kappa shape index (κ1) is 23.2. The van der Waals surface area contributed by atoms with Gasteiger partial charge in [-0.15, -0.1) is 0 Å². The zero-order valence-electron chi connectivity index (χ0n) is 18.5. The maximum Gasteiger partial charge on any atom is 0.335 e. The Balaban J connectivity index is 1.73. The SMILES string of the molecule is COc1cc(/C=C2\C(=O)NC(=O)N(c3ccccc3)C2=O)c([N+](=O)[O-])cc1OCc1ccccc1. The van der Waals surface area contributed by atoms with Crippen molar-refractivity contribution in [3.05, 3.63) is 99.6 Å². The van der Waals surface area contributed by atoms with Crippen LogP contribution in [0, 0.1) is 10.1 Å². The lowest BCUT2D eigenvalue weighted by Gasteiger charge is -2.26. The zero-order valence-corrected chi connectivity index (χ0v) is 18.5. The quantitative estimate of drug-likeness (QED) is 0.239. The van der Waals surface area contributed by atoms with Gasteiger partial charge in [0.1, 0.15) is 12.2 Å². The summed E-state index contributed by atoms with van der Waals surface area (Å²) in [6.07, 6.45) is 1.06. The van der Waals surface area contributed by atoms with Crippen LogP contribution in [0.25, 0.3) is 6.08 Å². The lowest BCUT2D eigenvalue weighted by atomic mass is 10.0. The number of nitrogens with one attached hydrogen (secondary N) is 1. The van der Waals surface area contributed by atoms with Crippen LogP contribution in [0.5, 0.6) is 11.5 Å². The van der Waals surface area contributed by atoms with E-state index < -0.39 is 34.0 Å². The second kappa shape index (κ2) is 9.87. The number of nitro groups is 1. The van der Waals surface area contributed by atoms with E-state index in [-0.39, 0.29) is 29.4 Å².